The minimum absolute atomic E-state index is 0.0135. The lowest BCUT2D eigenvalue weighted by atomic mass is 10.1. The van der Waals surface area contributed by atoms with Crippen molar-refractivity contribution in [3.05, 3.63) is 48.6 Å². The van der Waals surface area contributed by atoms with E-state index >= 15 is 0 Å². The lowest BCUT2D eigenvalue weighted by Crippen LogP contribution is -2.30. The second-order valence-electron chi connectivity index (χ2n) is 33.3. The van der Waals surface area contributed by atoms with Crippen molar-refractivity contribution < 1.29 is 99.4 Å². The number of esters is 5. The van der Waals surface area contributed by atoms with Gasteiger partial charge in [-0.2, -0.15) is 0 Å². The molecule has 0 spiro atoms. The summed E-state index contributed by atoms with van der Waals surface area (Å²) >= 11 is 0. The van der Waals surface area contributed by atoms with Gasteiger partial charge < -0.3 is 55.4 Å². The number of carbonyl (C=O) groups excluding carboxylic acids is 6. The van der Waals surface area contributed by atoms with Gasteiger partial charge in [-0.3, -0.25) is 51.7 Å². The molecule has 0 rings (SSSR count). The van der Waals surface area contributed by atoms with Crippen molar-refractivity contribution in [1.29, 1.82) is 0 Å². The topological polar surface area (TPSA) is 361 Å². The Labute approximate surface area is 742 Å². The van der Waals surface area contributed by atoms with Gasteiger partial charge in [-0.1, -0.05) is 282 Å². The third kappa shape index (κ3) is 101. The highest BCUT2D eigenvalue weighted by molar-refractivity contribution is 7.47. The second kappa shape index (κ2) is 92.6. The standard InChI is InChI=1S/C45H85N2O9P.C41H78NO8P.C10H18O4/c1-3-5-7-9-11-13-15-17-19-21-23-25-27-29-31-35-44(49)53-40-42(41-55-57(51,52)54-39-38-47-43(48)34-33-37-46)56-45(50)36-32-30-28-26-24-22-20-18-16-14-12-10-8-6-4-2;1-3-5-7-9-11-13-15-17-19-21-23-25-27-29-31-33-40(43)47-37-39(38-49-51(45,46)48-36-35-42)50-41(44)34-32-30-28-26-24-22-20-18-16-14-12-10-8-6-4-2;1-10(2,3)14-9(13)7-5-4-6-8(11)12/h17-20,42H,3-16,21-41,46H2,1-2H3,(H,47,48)(H,51,52);17-20,39H,3-16,21-38,42H2,1-2H3,(H,45,46);4-7H2,1-3H3,(H,11,12)/b2*19-17-,20-18-;/t42-;39-;/m11./s1. The highest BCUT2D eigenvalue weighted by Gasteiger charge is 2.28. The molecule has 0 aromatic heterocycles. The third-order valence-corrected chi connectivity index (χ3v) is 21.9. The van der Waals surface area contributed by atoms with Crippen LogP contribution in [0.25, 0.3) is 0 Å². The Morgan fingerprint density at radius 2 is 0.582 bits per heavy atom. The Hall–Kier alpha value is -4.61. The molecule has 0 aliphatic carbocycles. The molecule has 0 aliphatic heterocycles. The molecule has 0 saturated heterocycles. The summed E-state index contributed by atoms with van der Waals surface area (Å²) in [7, 11) is -8.90. The first-order valence-corrected chi connectivity index (χ1v) is 51.5. The van der Waals surface area contributed by atoms with Crippen LogP contribution in [0.4, 0.5) is 0 Å². The molecule has 2 unspecified atom stereocenters. The zero-order chi connectivity index (χ0) is 90.6. The lowest BCUT2D eigenvalue weighted by Gasteiger charge is -2.20. The van der Waals surface area contributed by atoms with Gasteiger partial charge in [0, 0.05) is 58.0 Å². The van der Waals surface area contributed by atoms with Crippen molar-refractivity contribution in [2.75, 3.05) is 59.3 Å². The molecule has 0 radical (unpaired) electrons. The largest absolute Gasteiger partial charge is 0.481 e. The van der Waals surface area contributed by atoms with Crippen molar-refractivity contribution in [2.45, 2.75) is 464 Å². The van der Waals surface area contributed by atoms with E-state index in [1.165, 1.54) is 173 Å². The maximum Gasteiger partial charge on any atom is 0.472 e. The van der Waals surface area contributed by atoms with E-state index in [0.29, 0.717) is 51.5 Å². The minimum Gasteiger partial charge on any atom is -0.481 e. The Kier molecular flexibility index (Phi) is 92.2. The van der Waals surface area contributed by atoms with Gasteiger partial charge in [-0.15, -0.1) is 0 Å². The Balaban J connectivity index is -0.00000201. The Bertz CT molecular complexity index is 2660. The smallest absolute Gasteiger partial charge is 0.472 e. The number of allylic oxidation sites excluding steroid dienone is 8. The molecule has 0 saturated carbocycles. The van der Waals surface area contributed by atoms with E-state index in [1.54, 1.807) is 0 Å². The van der Waals surface area contributed by atoms with Crippen LogP contribution < -0.4 is 16.8 Å². The fourth-order valence-corrected chi connectivity index (χ4v) is 14.4. The van der Waals surface area contributed by atoms with Crippen LogP contribution in [-0.4, -0.2) is 134 Å². The third-order valence-electron chi connectivity index (χ3n) is 20.0. The predicted molar refractivity (Wildman–Crippen MR) is 495 cm³/mol. The fourth-order valence-electron chi connectivity index (χ4n) is 12.8. The first-order chi connectivity index (χ1) is 58.9. The van der Waals surface area contributed by atoms with Crippen LogP contribution in [0.15, 0.2) is 48.6 Å². The van der Waals surface area contributed by atoms with E-state index in [4.69, 9.17) is 58.4 Å². The van der Waals surface area contributed by atoms with Gasteiger partial charge in [-0.25, -0.2) is 9.13 Å². The molecular weight excluding hydrogens is 1590 g/mol. The highest BCUT2D eigenvalue weighted by atomic mass is 31.2. The number of amides is 1. The summed E-state index contributed by atoms with van der Waals surface area (Å²) in [6.07, 6.45) is 80.1. The second-order valence-corrected chi connectivity index (χ2v) is 36.2. The number of carboxylic acid groups (broad SMARTS) is 1. The molecule has 1 amide bonds. The summed E-state index contributed by atoms with van der Waals surface area (Å²) in [4.78, 5) is 103. The number of rotatable bonds is 87. The summed E-state index contributed by atoms with van der Waals surface area (Å²) in [6, 6.07) is 0. The molecule has 4 atom stereocenters. The zero-order valence-electron chi connectivity index (χ0n) is 78.2. The van der Waals surface area contributed by atoms with E-state index in [9.17, 15) is 52.5 Å². The number of ether oxygens (including phenoxy) is 5. The van der Waals surface area contributed by atoms with Crippen molar-refractivity contribution in [3.8, 4) is 0 Å². The molecule has 0 aromatic rings. The summed E-state index contributed by atoms with van der Waals surface area (Å²) < 4.78 is 71.2. The van der Waals surface area contributed by atoms with Gasteiger partial charge in [0.15, 0.2) is 12.2 Å². The number of nitrogens with one attached hydrogen (secondary N) is 1. The number of carbonyl (C=O) groups is 7. The highest BCUT2D eigenvalue weighted by Crippen LogP contribution is 2.44. The maximum absolute atomic E-state index is 12.7. The van der Waals surface area contributed by atoms with Crippen LogP contribution in [-0.2, 0) is 84.5 Å². The summed E-state index contributed by atoms with van der Waals surface area (Å²) in [6.45, 7) is 13.0. The van der Waals surface area contributed by atoms with Crippen LogP contribution in [0.3, 0.4) is 0 Å². The van der Waals surface area contributed by atoms with E-state index in [-0.39, 0.29) is 89.9 Å². The molecule has 716 valence electrons. The van der Waals surface area contributed by atoms with Crippen LogP contribution in [0.2, 0.25) is 0 Å². The van der Waals surface area contributed by atoms with Crippen LogP contribution >= 0.6 is 15.6 Å². The lowest BCUT2D eigenvalue weighted by molar-refractivity contribution is -0.161. The van der Waals surface area contributed by atoms with E-state index in [2.05, 4.69) is 81.6 Å². The maximum atomic E-state index is 12.7. The molecule has 122 heavy (non-hydrogen) atoms. The minimum atomic E-state index is -4.53. The average molecular weight is 1780 g/mol. The number of hydrogen-bond donors (Lipinski definition) is 6. The first-order valence-electron chi connectivity index (χ1n) is 48.5. The van der Waals surface area contributed by atoms with E-state index < -0.39 is 76.5 Å². The number of hydrogen-bond acceptors (Lipinski definition) is 20. The number of carboxylic acids is 1. The van der Waals surface area contributed by atoms with Crippen LogP contribution in [0.1, 0.15) is 447 Å². The van der Waals surface area contributed by atoms with Crippen molar-refractivity contribution in [2.24, 2.45) is 11.5 Å². The average Bonchev–Trinajstić information content (AvgIpc) is 0.911. The molecule has 24 nitrogen and oxygen atoms in total. The van der Waals surface area contributed by atoms with Crippen molar-refractivity contribution in [1.82, 2.24) is 5.32 Å². The Morgan fingerprint density at radius 1 is 0.320 bits per heavy atom. The van der Waals surface area contributed by atoms with E-state index in [0.717, 1.165) is 141 Å². The van der Waals surface area contributed by atoms with Crippen LogP contribution in [0, 0.1) is 0 Å². The summed E-state index contributed by atoms with van der Waals surface area (Å²) in [5, 5.41) is 10.9. The number of aliphatic carboxylic acids is 1. The molecule has 0 aliphatic rings. The molecule has 0 bridgehead atoms. The fraction of sp³-hybridized carbons (Fsp3) is 0.844. The van der Waals surface area contributed by atoms with Crippen molar-refractivity contribution in [3.63, 3.8) is 0 Å². The number of nitrogens with two attached hydrogens (primary N) is 2. The normalized spacial score (nSPS) is 13.1. The molecule has 8 N–H and O–H groups in total. The van der Waals surface area contributed by atoms with Crippen molar-refractivity contribution >= 4 is 57.4 Å². The Morgan fingerprint density at radius 3 is 0.869 bits per heavy atom. The van der Waals surface area contributed by atoms with Gasteiger partial charge in [0.05, 0.1) is 26.4 Å². The van der Waals surface area contributed by atoms with Gasteiger partial charge in [0.25, 0.3) is 0 Å². The number of phosphoric acid groups is 2. The number of unbranched alkanes of at least 4 members (excludes halogenated alkanes) is 45. The molecular formula is C96H181N3O21P2. The summed E-state index contributed by atoms with van der Waals surface area (Å²) in [5.41, 5.74) is 10.3. The first kappa shape index (κ1) is 122. The summed E-state index contributed by atoms with van der Waals surface area (Å²) in [5.74, 6) is -3.07. The quantitative estimate of drug-likeness (QED) is 0.0108. The van der Waals surface area contributed by atoms with Gasteiger partial charge in [0.2, 0.25) is 5.91 Å². The monoisotopic (exact) mass is 1770 g/mol. The van der Waals surface area contributed by atoms with Gasteiger partial charge in [0.1, 0.15) is 18.8 Å². The molecule has 0 heterocycles. The number of phosphoric ester groups is 2. The van der Waals surface area contributed by atoms with Gasteiger partial charge >= 0.3 is 51.5 Å². The molecule has 26 heteroatoms. The SMILES string of the molecule is CC(C)(C)OC(=O)CCCCC(=O)O.CCCCCCCC/C=C\CCCCCCCC(=O)OC[C@H](COP(=O)(O)OCCN)OC(=O)CCCCCCC/C=C\CCCCCCCC.CCCCCCCC/C=C\CCCCCCCC(=O)OC[C@H](COP(=O)(O)OCCNC(=O)CCCN)OC(=O)CCCCCCC/C=C\CCCCCCCC. The van der Waals surface area contributed by atoms with E-state index in [1.807, 2.05) is 20.8 Å². The van der Waals surface area contributed by atoms with Crippen LogP contribution in [0.5, 0.6) is 0 Å². The molecule has 0 fully saturated rings. The zero-order valence-corrected chi connectivity index (χ0v) is 80.0. The van der Waals surface area contributed by atoms with Gasteiger partial charge in [-0.05, 0) is 175 Å². The predicted octanol–water partition coefficient (Wildman–Crippen LogP) is 25.1. The molecule has 0 aromatic carbocycles.